The van der Waals surface area contributed by atoms with Gasteiger partial charge in [0.25, 0.3) is 0 Å². The minimum atomic E-state index is -0.304. The summed E-state index contributed by atoms with van der Waals surface area (Å²) in [4.78, 5) is 0. The Hall–Kier alpha value is -0.600. The fourth-order valence-electron chi connectivity index (χ4n) is 2.53. The molecule has 0 aromatic heterocycles. The second-order valence-corrected chi connectivity index (χ2v) is 5.07. The van der Waals surface area contributed by atoms with Crippen molar-refractivity contribution in [3.05, 3.63) is 34.6 Å². The summed E-state index contributed by atoms with van der Waals surface area (Å²) in [5.74, 6) is 0.415. The van der Waals surface area contributed by atoms with Gasteiger partial charge in [-0.2, -0.15) is 0 Å². The van der Waals surface area contributed by atoms with E-state index in [9.17, 15) is 4.39 Å². The van der Waals surface area contributed by atoms with Crippen LogP contribution >= 0.6 is 11.6 Å². The van der Waals surface area contributed by atoms with E-state index in [1.807, 2.05) is 0 Å². The van der Waals surface area contributed by atoms with Gasteiger partial charge in [-0.15, -0.1) is 0 Å². The first-order valence-corrected chi connectivity index (χ1v) is 6.25. The standard InChI is InChI=1S/C13H17ClFN/c14-12-8-10(15)5-6-11(12)13(16)7-9-3-1-2-4-9/h5-6,8-9,13H,1-4,7,16H2. The van der Waals surface area contributed by atoms with Gasteiger partial charge in [0.2, 0.25) is 0 Å². The molecule has 0 spiro atoms. The van der Waals surface area contributed by atoms with Crippen LogP contribution in [-0.2, 0) is 0 Å². The van der Waals surface area contributed by atoms with E-state index in [2.05, 4.69) is 0 Å². The number of rotatable bonds is 3. The van der Waals surface area contributed by atoms with Gasteiger partial charge in [0.05, 0.1) is 0 Å². The zero-order chi connectivity index (χ0) is 11.5. The molecule has 0 saturated heterocycles. The van der Waals surface area contributed by atoms with Crippen molar-refractivity contribution in [1.29, 1.82) is 0 Å². The van der Waals surface area contributed by atoms with Crippen LogP contribution < -0.4 is 5.73 Å². The molecule has 1 nitrogen and oxygen atoms in total. The maximum Gasteiger partial charge on any atom is 0.124 e. The van der Waals surface area contributed by atoms with E-state index in [0.717, 1.165) is 17.9 Å². The zero-order valence-electron chi connectivity index (χ0n) is 9.26. The summed E-state index contributed by atoms with van der Waals surface area (Å²) in [7, 11) is 0. The Kier molecular flexibility index (Phi) is 3.82. The minimum Gasteiger partial charge on any atom is -0.324 e. The first-order valence-electron chi connectivity index (χ1n) is 5.87. The SMILES string of the molecule is NC(CC1CCCC1)c1ccc(F)cc1Cl. The first-order chi connectivity index (χ1) is 7.66. The average molecular weight is 242 g/mol. The van der Waals surface area contributed by atoms with Crippen LogP contribution in [0.15, 0.2) is 18.2 Å². The highest BCUT2D eigenvalue weighted by atomic mass is 35.5. The van der Waals surface area contributed by atoms with Crippen LogP contribution in [0.2, 0.25) is 5.02 Å². The van der Waals surface area contributed by atoms with E-state index in [1.54, 1.807) is 6.07 Å². The predicted molar refractivity (Wildman–Crippen MR) is 64.9 cm³/mol. The number of hydrogen-bond acceptors (Lipinski definition) is 1. The fourth-order valence-corrected chi connectivity index (χ4v) is 2.84. The highest BCUT2D eigenvalue weighted by molar-refractivity contribution is 6.31. The first kappa shape index (κ1) is 11.9. The Morgan fingerprint density at radius 1 is 1.38 bits per heavy atom. The molecule has 0 bridgehead atoms. The Balaban J connectivity index is 2.04. The van der Waals surface area contributed by atoms with E-state index < -0.39 is 0 Å². The van der Waals surface area contributed by atoms with Crippen molar-refractivity contribution in [3.8, 4) is 0 Å². The Morgan fingerprint density at radius 2 is 2.06 bits per heavy atom. The summed E-state index contributed by atoms with van der Waals surface area (Å²) < 4.78 is 12.9. The molecule has 1 fully saturated rings. The quantitative estimate of drug-likeness (QED) is 0.849. The molecule has 1 unspecified atom stereocenters. The maximum absolute atomic E-state index is 12.9. The van der Waals surface area contributed by atoms with Gasteiger partial charge in [0.1, 0.15) is 5.82 Å². The smallest absolute Gasteiger partial charge is 0.124 e. The lowest BCUT2D eigenvalue weighted by atomic mass is 9.94. The molecule has 2 rings (SSSR count). The molecule has 2 N–H and O–H groups in total. The van der Waals surface area contributed by atoms with E-state index in [4.69, 9.17) is 17.3 Å². The normalized spacial score (nSPS) is 18.9. The molecule has 88 valence electrons. The lowest BCUT2D eigenvalue weighted by Crippen LogP contribution is -2.14. The van der Waals surface area contributed by atoms with E-state index >= 15 is 0 Å². The molecule has 1 aromatic rings. The fraction of sp³-hybridized carbons (Fsp3) is 0.538. The lowest BCUT2D eigenvalue weighted by Gasteiger charge is -2.17. The van der Waals surface area contributed by atoms with E-state index in [1.165, 1.54) is 37.8 Å². The van der Waals surface area contributed by atoms with Gasteiger partial charge in [0.15, 0.2) is 0 Å². The molecule has 1 aliphatic rings. The van der Waals surface area contributed by atoms with E-state index in [-0.39, 0.29) is 11.9 Å². The van der Waals surface area contributed by atoms with Crippen molar-refractivity contribution >= 4 is 11.6 Å². The van der Waals surface area contributed by atoms with Crippen LogP contribution in [0.25, 0.3) is 0 Å². The Labute approximate surface area is 101 Å². The van der Waals surface area contributed by atoms with Gasteiger partial charge in [0, 0.05) is 11.1 Å². The number of benzene rings is 1. The Bertz CT molecular complexity index is 361. The molecule has 0 aliphatic heterocycles. The van der Waals surface area contributed by atoms with Crippen molar-refractivity contribution in [2.24, 2.45) is 11.7 Å². The molecule has 1 aliphatic carbocycles. The zero-order valence-corrected chi connectivity index (χ0v) is 10.0. The third kappa shape index (κ3) is 2.74. The summed E-state index contributed by atoms with van der Waals surface area (Å²) in [6.07, 6.45) is 6.13. The molecular formula is C13H17ClFN. The molecule has 1 saturated carbocycles. The van der Waals surface area contributed by atoms with Crippen LogP contribution in [0.3, 0.4) is 0 Å². The van der Waals surface area contributed by atoms with Crippen molar-refractivity contribution in [3.63, 3.8) is 0 Å². The number of hydrogen-bond donors (Lipinski definition) is 1. The van der Waals surface area contributed by atoms with Crippen LogP contribution in [0.5, 0.6) is 0 Å². The lowest BCUT2D eigenvalue weighted by molar-refractivity contribution is 0.450. The summed E-state index contributed by atoms with van der Waals surface area (Å²) in [5.41, 5.74) is 6.99. The van der Waals surface area contributed by atoms with Gasteiger partial charge in [-0.05, 0) is 30.0 Å². The van der Waals surface area contributed by atoms with Crippen LogP contribution in [0, 0.1) is 11.7 Å². The molecular weight excluding hydrogens is 225 g/mol. The average Bonchev–Trinajstić information content (AvgIpc) is 2.70. The monoisotopic (exact) mass is 241 g/mol. The van der Waals surface area contributed by atoms with Crippen molar-refractivity contribution in [2.45, 2.75) is 38.1 Å². The highest BCUT2D eigenvalue weighted by Gasteiger charge is 2.20. The highest BCUT2D eigenvalue weighted by Crippen LogP contribution is 2.33. The molecule has 1 aromatic carbocycles. The van der Waals surface area contributed by atoms with Gasteiger partial charge < -0.3 is 5.73 Å². The molecule has 0 amide bonds. The predicted octanol–water partition coefficient (Wildman–Crippen LogP) is 4.06. The van der Waals surface area contributed by atoms with Crippen LogP contribution in [0.1, 0.15) is 43.7 Å². The molecule has 1 atom stereocenters. The second kappa shape index (κ2) is 5.15. The third-order valence-electron chi connectivity index (χ3n) is 3.42. The van der Waals surface area contributed by atoms with Crippen molar-refractivity contribution in [1.82, 2.24) is 0 Å². The molecule has 0 heterocycles. The van der Waals surface area contributed by atoms with Gasteiger partial charge in [-0.25, -0.2) is 4.39 Å². The summed E-state index contributed by atoms with van der Waals surface area (Å²) >= 11 is 5.99. The van der Waals surface area contributed by atoms with Gasteiger partial charge in [-0.3, -0.25) is 0 Å². The summed E-state index contributed by atoms with van der Waals surface area (Å²) in [6.45, 7) is 0. The molecule has 16 heavy (non-hydrogen) atoms. The summed E-state index contributed by atoms with van der Waals surface area (Å²) in [6, 6.07) is 4.41. The number of halogens is 2. The largest absolute Gasteiger partial charge is 0.324 e. The third-order valence-corrected chi connectivity index (χ3v) is 3.75. The van der Waals surface area contributed by atoms with Gasteiger partial charge >= 0.3 is 0 Å². The van der Waals surface area contributed by atoms with Gasteiger partial charge in [-0.1, -0.05) is 43.4 Å². The molecule has 3 heteroatoms. The van der Waals surface area contributed by atoms with E-state index in [0.29, 0.717) is 5.02 Å². The number of nitrogens with two attached hydrogens (primary N) is 1. The van der Waals surface area contributed by atoms with Crippen LogP contribution in [-0.4, -0.2) is 0 Å². The topological polar surface area (TPSA) is 26.0 Å². The maximum atomic E-state index is 12.9. The van der Waals surface area contributed by atoms with Crippen LogP contribution in [0.4, 0.5) is 4.39 Å². The minimum absolute atomic E-state index is 0.0591. The molecule has 0 radical (unpaired) electrons. The summed E-state index contributed by atoms with van der Waals surface area (Å²) in [5, 5.41) is 0.450. The van der Waals surface area contributed by atoms with Crippen molar-refractivity contribution < 1.29 is 4.39 Å². The second-order valence-electron chi connectivity index (χ2n) is 4.66. The van der Waals surface area contributed by atoms with Crippen molar-refractivity contribution in [2.75, 3.05) is 0 Å². The Morgan fingerprint density at radius 3 is 2.69 bits per heavy atom.